The number of carboxylic acids is 1. The fourth-order valence-corrected chi connectivity index (χ4v) is 2.16. The van der Waals surface area contributed by atoms with Crippen molar-refractivity contribution in [2.24, 2.45) is 0 Å². The molecule has 1 amide bonds. The van der Waals surface area contributed by atoms with Crippen molar-refractivity contribution < 1.29 is 27.9 Å². The van der Waals surface area contributed by atoms with Crippen molar-refractivity contribution in [3.8, 4) is 0 Å². The Balaban J connectivity index is 2.04. The molecule has 0 aliphatic rings. The molecule has 0 fully saturated rings. The van der Waals surface area contributed by atoms with Gasteiger partial charge in [-0.3, -0.25) is 4.79 Å². The van der Waals surface area contributed by atoms with Crippen molar-refractivity contribution in [2.75, 3.05) is 0 Å². The van der Waals surface area contributed by atoms with Gasteiger partial charge in [0.2, 0.25) is 5.91 Å². The minimum atomic E-state index is -1.33. The van der Waals surface area contributed by atoms with Crippen LogP contribution in [0.4, 0.5) is 13.2 Å². The van der Waals surface area contributed by atoms with Gasteiger partial charge in [0.05, 0.1) is 6.42 Å². The Morgan fingerprint density at radius 1 is 1.00 bits per heavy atom. The van der Waals surface area contributed by atoms with Crippen LogP contribution in [0, 0.1) is 17.5 Å². The van der Waals surface area contributed by atoms with E-state index in [9.17, 15) is 27.9 Å². The smallest absolute Gasteiger partial charge is 0.326 e. The minimum Gasteiger partial charge on any atom is -0.480 e. The summed E-state index contributed by atoms with van der Waals surface area (Å²) in [6.45, 7) is 0. The summed E-state index contributed by atoms with van der Waals surface area (Å²) in [6.07, 6.45) is -0.552. The molecular formula is C17H14F3NO3. The van der Waals surface area contributed by atoms with Gasteiger partial charge in [-0.15, -0.1) is 0 Å². The highest BCUT2D eigenvalue weighted by atomic mass is 19.2. The van der Waals surface area contributed by atoms with Gasteiger partial charge in [0.25, 0.3) is 0 Å². The Kier molecular flexibility index (Phi) is 5.57. The summed E-state index contributed by atoms with van der Waals surface area (Å²) in [5, 5.41) is 11.4. The Morgan fingerprint density at radius 3 is 2.33 bits per heavy atom. The molecule has 1 atom stereocenters. The number of aliphatic carboxylic acids is 1. The van der Waals surface area contributed by atoms with Gasteiger partial charge in [-0.2, -0.15) is 0 Å². The van der Waals surface area contributed by atoms with Crippen LogP contribution in [0.25, 0.3) is 0 Å². The fraction of sp³-hybridized carbons (Fsp3) is 0.176. The third-order valence-corrected chi connectivity index (χ3v) is 3.36. The molecule has 0 unspecified atom stereocenters. The molecule has 0 saturated carbocycles. The fourth-order valence-electron chi connectivity index (χ4n) is 2.16. The van der Waals surface area contributed by atoms with E-state index in [4.69, 9.17) is 0 Å². The molecule has 0 saturated heterocycles. The van der Waals surface area contributed by atoms with E-state index in [2.05, 4.69) is 5.32 Å². The highest BCUT2D eigenvalue weighted by Crippen LogP contribution is 2.11. The number of rotatable bonds is 6. The Labute approximate surface area is 135 Å². The van der Waals surface area contributed by atoms with Gasteiger partial charge in [-0.25, -0.2) is 18.0 Å². The van der Waals surface area contributed by atoms with Crippen LogP contribution < -0.4 is 5.32 Å². The first kappa shape index (κ1) is 17.5. The lowest BCUT2D eigenvalue weighted by Gasteiger charge is -2.15. The van der Waals surface area contributed by atoms with Gasteiger partial charge in [0.1, 0.15) is 11.9 Å². The van der Waals surface area contributed by atoms with Crippen LogP contribution in [0.5, 0.6) is 0 Å². The van der Waals surface area contributed by atoms with Crippen molar-refractivity contribution in [3.05, 3.63) is 71.0 Å². The molecular weight excluding hydrogens is 323 g/mol. The predicted molar refractivity (Wildman–Crippen MR) is 79.7 cm³/mol. The number of carbonyl (C=O) groups excluding carboxylic acids is 1. The first-order valence-electron chi connectivity index (χ1n) is 7.06. The normalized spacial score (nSPS) is 11.8. The molecule has 126 valence electrons. The molecule has 7 heteroatoms. The summed E-state index contributed by atoms with van der Waals surface area (Å²) in [6, 6.07) is 7.28. The van der Waals surface area contributed by atoms with E-state index in [1.165, 1.54) is 24.3 Å². The second-order valence-corrected chi connectivity index (χ2v) is 5.18. The van der Waals surface area contributed by atoms with E-state index in [0.717, 1.165) is 12.1 Å². The summed E-state index contributed by atoms with van der Waals surface area (Å²) in [4.78, 5) is 23.2. The number of hydrogen-bond donors (Lipinski definition) is 2. The van der Waals surface area contributed by atoms with Crippen LogP contribution in [0.15, 0.2) is 42.5 Å². The lowest BCUT2D eigenvalue weighted by Crippen LogP contribution is -2.43. The van der Waals surface area contributed by atoms with Gasteiger partial charge in [0.15, 0.2) is 11.6 Å². The predicted octanol–water partition coefficient (Wildman–Crippen LogP) is 2.46. The molecule has 0 aromatic heterocycles. The number of amides is 1. The van der Waals surface area contributed by atoms with E-state index < -0.39 is 35.4 Å². The minimum absolute atomic E-state index is 0.151. The highest BCUT2D eigenvalue weighted by Gasteiger charge is 2.22. The van der Waals surface area contributed by atoms with Crippen molar-refractivity contribution in [1.29, 1.82) is 0 Å². The number of halogens is 3. The highest BCUT2D eigenvalue weighted by molar-refractivity contribution is 5.85. The average Bonchev–Trinajstić information content (AvgIpc) is 2.52. The molecule has 0 spiro atoms. The summed E-state index contributed by atoms with van der Waals surface area (Å²) in [7, 11) is 0. The number of nitrogens with one attached hydrogen (secondary N) is 1. The van der Waals surface area contributed by atoms with Crippen molar-refractivity contribution >= 4 is 11.9 Å². The molecule has 2 N–H and O–H groups in total. The van der Waals surface area contributed by atoms with Crippen molar-refractivity contribution in [1.82, 2.24) is 5.32 Å². The summed E-state index contributed by atoms with van der Waals surface area (Å²) < 4.78 is 39.6. The molecule has 4 nitrogen and oxygen atoms in total. The molecule has 24 heavy (non-hydrogen) atoms. The molecule has 0 aliphatic carbocycles. The topological polar surface area (TPSA) is 66.4 Å². The maximum Gasteiger partial charge on any atom is 0.326 e. The molecule has 2 aromatic rings. The summed E-state index contributed by atoms with van der Waals surface area (Å²) in [5.74, 6) is -4.72. The van der Waals surface area contributed by atoms with Crippen LogP contribution in [-0.4, -0.2) is 23.0 Å². The van der Waals surface area contributed by atoms with E-state index in [1.54, 1.807) is 6.07 Å². The Morgan fingerprint density at radius 2 is 1.71 bits per heavy atom. The maximum absolute atomic E-state index is 13.6. The zero-order valence-electron chi connectivity index (χ0n) is 12.4. The zero-order valence-corrected chi connectivity index (χ0v) is 12.4. The molecule has 2 aromatic carbocycles. The van der Waals surface area contributed by atoms with Gasteiger partial charge in [0, 0.05) is 6.42 Å². The zero-order chi connectivity index (χ0) is 17.7. The van der Waals surface area contributed by atoms with Gasteiger partial charge in [-0.05, 0) is 29.3 Å². The van der Waals surface area contributed by atoms with Crippen LogP contribution in [0.2, 0.25) is 0 Å². The number of carbonyl (C=O) groups is 2. The van der Waals surface area contributed by atoms with Gasteiger partial charge in [-0.1, -0.05) is 24.3 Å². The van der Waals surface area contributed by atoms with E-state index in [0.29, 0.717) is 0 Å². The first-order chi connectivity index (χ1) is 11.4. The molecule has 2 rings (SSSR count). The average molecular weight is 337 g/mol. The first-order valence-corrected chi connectivity index (χ1v) is 7.06. The van der Waals surface area contributed by atoms with E-state index in [1.807, 2.05) is 0 Å². The molecule has 0 radical (unpaired) electrons. The second kappa shape index (κ2) is 7.63. The number of carboxylic acid groups (broad SMARTS) is 1. The standard InChI is InChI=1S/C17H14F3NO3/c18-12-4-2-1-3-11(12)9-15(17(23)24)21-16(22)8-10-5-6-13(19)14(20)7-10/h1-7,15H,8-9H2,(H,21,22)(H,23,24)/t15-/m1/s1. The Bertz CT molecular complexity index is 764. The number of hydrogen-bond acceptors (Lipinski definition) is 2. The van der Waals surface area contributed by atoms with Crippen LogP contribution >= 0.6 is 0 Å². The number of benzene rings is 2. The molecule has 0 bridgehead atoms. The SMILES string of the molecule is O=C(Cc1ccc(F)c(F)c1)N[C@H](Cc1ccccc1F)C(=O)O. The molecule has 0 aliphatic heterocycles. The van der Waals surface area contributed by atoms with E-state index >= 15 is 0 Å². The quantitative estimate of drug-likeness (QED) is 0.851. The van der Waals surface area contributed by atoms with Gasteiger partial charge < -0.3 is 10.4 Å². The maximum atomic E-state index is 13.6. The Hall–Kier alpha value is -2.83. The third kappa shape index (κ3) is 4.58. The molecule has 0 heterocycles. The largest absolute Gasteiger partial charge is 0.480 e. The lowest BCUT2D eigenvalue weighted by molar-refractivity contribution is -0.141. The third-order valence-electron chi connectivity index (χ3n) is 3.36. The van der Waals surface area contributed by atoms with Crippen LogP contribution in [-0.2, 0) is 22.4 Å². The monoisotopic (exact) mass is 337 g/mol. The van der Waals surface area contributed by atoms with Crippen LogP contribution in [0.1, 0.15) is 11.1 Å². The lowest BCUT2D eigenvalue weighted by atomic mass is 10.0. The van der Waals surface area contributed by atoms with Crippen molar-refractivity contribution in [2.45, 2.75) is 18.9 Å². The summed E-state index contributed by atoms with van der Waals surface area (Å²) in [5.41, 5.74) is 0.347. The second-order valence-electron chi connectivity index (χ2n) is 5.18. The van der Waals surface area contributed by atoms with E-state index in [-0.39, 0.29) is 24.0 Å². The summed E-state index contributed by atoms with van der Waals surface area (Å²) >= 11 is 0. The van der Waals surface area contributed by atoms with Crippen molar-refractivity contribution in [3.63, 3.8) is 0 Å². The van der Waals surface area contributed by atoms with Crippen LogP contribution in [0.3, 0.4) is 0 Å². The van der Waals surface area contributed by atoms with Gasteiger partial charge >= 0.3 is 5.97 Å².